The van der Waals surface area contributed by atoms with Gasteiger partial charge in [0.2, 0.25) is 0 Å². The standard InChI is InChI=1S/C19H19NO3S.C10H14.C3H8O.2C2H6/c1-24-17-9-7-14(8-10-17)18(21)15-11-12-20(13-15)19(22)23-16-5-3-2-4-6-16;1-4-10-6-5-8(2)9(3)7-10;1-3(2)4;2*1-2/h2-10,15H,11-13H2,1H3;5-7H,4H2,1-3H3;3-4H,1-2H3;2*1-2H3. The first-order chi connectivity index (χ1) is 20.1. The molecule has 1 amide bonds. The van der Waals surface area contributed by atoms with Gasteiger partial charge in [0, 0.05) is 35.6 Å². The third kappa shape index (κ3) is 14.7. The van der Waals surface area contributed by atoms with E-state index >= 15 is 0 Å². The van der Waals surface area contributed by atoms with Gasteiger partial charge in [-0.3, -0.25) is 4.79 Å². The molecule has 1 aliphatic heterocycles. The Balaban J connectivity index is 0.000000773. The van der Waals surface area contributed by atoms with Gasteiger partial charge >= 0.3 is 6.09 Å². The number of hydrogen-bond donors (Lipinski definition) is 1. The molecule has 1 fully saturated rings. The summed E-state index contributed by atoms with van der Waals surface area (Å²) in [6.45, 7) is 18.9. The monoisotopic (exact) mass is 595 g/mol. The average Bonchev–Trinajstić information content (AvgIpc) is 3.52. The van der Waals surface area contributed by atoms with E-state index in [0.717, 1.165) is 11.3 Å². The molecule has 5 nitrogen and oxygen atoms in total. The largest absolute Gasteiger partial charge is 0.415 e. The lowest BCUT2D eigenvalue weighted by atomic mass is 9.97. The fourth-order valence-electron chi connectivity index (χ4n) is 3.81. The number of Topliss-reactive ketones (excluding diaryl/α,β-unsaturated/α-hetero) is 1. The molecular formula is C36H53NO4S. The van der Waals surface area contributed by atoms with Crippen LogP contribution in [-0.4, -0.2) is 47.3 Å². The second-order valence-electron chi connectivity index (χ2n) is 9.57. The van der Waals surface area contributed by atoms with E-state index in [4.69, 9.17) is 9.84 Å². The highest BCUT2D eigenvalue weighted by atomic mass is 32.2. The minimum absolute atomic E-state index is 0.0951. The number of para-hydroxylation sites is 1. The molecule has 42 heavy (non-hydrogen) atoms. The van der Waals surface area contributed by atoms with Crippen molar-refractivity contribution in [2.24, 2.45) is 5.92 Å². The van der Waals surface area contributed by atoms with E-state index in [2.05, 4.69) is 39.0 Å². The summed E-state index contributed by atoms with van der Waals surface area (Å²) in [4.78, 5) is 27.5. The molecule has 3 aromatic carbocycles. The first-order valence-electron chi connectivity index (χ1n) is 15.1. The van der Waals surface area contributed by atoms with Crippen LogP contribution in [0.4, 0.5) is 4.79 Å². The molecule has 1 atom stereocenters. The highest BCUT2D eigenvalue weighted by Gasteiger charge is 2.32. The van der Waals surface area contributed by atoms with Crippen LogP contribution in [0.15, 0.2) is 77.7 Å². The van der Waals surface area contributed by atoms with Crippen LogP contribution < -0.4 is 4.74 Å². The fourth-order valence-corrected chi connectivity index (χ4v) is 4.22. The molecule has 1 heterocycles. The summed E-state index contributed by atoms with van der Waals surface area (Å²) in [5.41, 5.74) is 4.93. The fraction of sp³-hybridized carbons (Fsp3) is 0.444. The third-order valence-electron chi connectivity index (χ3n) is 6.12. The summed E-state index contributed by atoms with van der Waals surface area (Å²) >= 11 is 1.65. The molecule has 3 aromatic rings. The van der Waals surface area contributed by atoms with Crippen molar-refractivity contribution >= 4 is 23.6 Å². The van der Waals surface area contributed by atoms with Crippen LogP contribution in [0, 0.1) is 19.8 Å². The lowest BCUT2D eigenvalue weighted by Crippen LogP contribution is -2.32. The molecule has 6 heteroatoms. The maximum atomic E-state index is 12.6. The van der Waals surface area contributed by atoms with E-state index in [1.165, 1.54) is 16.7 Å². The lowest BCUT2D eigenvalue weighted by molar-refractivity contribution is 0.0922. The number of hydrogen-bond acceptors (Lipinski definition) is 5. The van der Waals surface area contributed by atoms with Crippen molar-refractivity contribution in [1.82, 2.24) is 4.90 Å². The van der Waals surface area contributed by atoms with Gasteiger partial charge in [0.15, 0.2) is 5.78 Å². The van der Waals surface area contributed by atoms with Crippen LogP contribution in [0.1, 0.15) is 81.9 Å². The number of benzene rings is 3. The lowest BCUT2D eigenvalue weighted by Gasteiger charge is -2.16. The highest BCUT2D eigenvalue weighted by Crippen LogP contribution is 2.24. The van der Waals surface area contributed by atoms with Crippen molar-refractivity contribution < 1.29 is 19.4 Å². The molecule has 4 rings (SSSR count). The van der Waals surface area contributed by atoms with Gasteiger partial charge in [-0.15, -0.1) is 11.8 Å². The topological polar surface area (TPSA) is 66.8 Å². The van der Waals surface area contributed by atoms with Gasteiger partial charge in [-0.25, -0.2) is 4.79 Å². The number of carbonyl (C=O) groups is 2. The second-order valence-corrected chi connectivity index (χ2v) is 10.5. The van der Waals surface area contributed by atoms with Crippen LogP contribution in [0.5, 0.6) is 5.75 Å². The van der Waals surface area contributed by atoms with E-state index in [-0.39, 0.29) is 17.8 Å². The highest BCUT2D eigenvalue weighted by molar-refractivity contribution is 7.98. The first-order valence-corrected chi connectivity index (χ1v) is 16.3. The number of ether oxygens (including phenoxy) is 1. The quantitative estimate of drug-likeness (QED) is 0.235. The summed E-state index contributed by atoms with van der Waals surface area (Å²) in [5, 5.41) is 8.06. The van der Waals surface area contributed by atoms with E-state index in [0.29, 0.717) is 30.8 Å². The van der Waals surface area contributed by atoms with Gasteiger partial charge < -0.3 is 14.7 Å². The number of carbonyl (C=O) groups excluding carboxylic acids is 2. The molecule has 1 unspecified atom stereocenters. The van der Waals surface area contributed by atoms with Crippen LogP contribution >= 0.6 is 11.8 Å². The Kier molecular flexibility index (Phi) is 20.8. The van der Waals surface area contributed by atoms with Crippen LogP contribution in [0.25, 0.3) is 0 Å². The molecule has 0 bridgehead atoms. The van der Waals surface area contributed by atoms with Crippen molar-refractivity contribution in [2.75, 3.05) is 19.3 Å². The van der Waals surface area contributed by atoms with Gasteiger partial charge in [-0.05, 0) is 87.7 Å². The molecular weight excluding hydrogens is 542 g/mol. The SMILES string of the molecule is CC.CC.CC(C)O.CCc1ccc(C)c(C)c1.CSc1ccc(C(=O)C2CCN(C(=O)Oc3ccccc3)C2)cc1. The molecule has 0 aromatic heterocycles. The average molecular weight is 596 g/mol. The first kappa shape index (κ1) is 38.9. The van der Waals surface area contributed by atoms with Gasteiger partial charge in [-0.1, -0.05) is 83.1 Å². The number of thioether (sulfide) groups is 1. The second kappa shape index (κ2) is 22.5. The van der Waals surface area contributed by atoms with E-state index in [1.54, 1.807) is 42.6 Å². The number of rotatable bonds is 5. The Morgan fingerprint density at radius 3 is 2.00 bits per heavy atom. The molecule has 0 saturated carbocycles. The number of amides is 1. The maximum absolute atomic E-state index is 12.6. The smallest absolute Gasteiger partial charge is 0.410 e. The number of aliphatic hydroxyl groups is 1. The van der Waals surface area contributed by atoms with Crippen molar-refractivity contribution in [2.45, 2.75) is 86.2 Å². The number of aliphatic hydroxyl groups excluding tert-OH is 1. The number of likely N-dealkylation sites (tertiary alicyclic amines) is 1. The Hall–Kier alpha value is -3.09. The van der Waals surface area contributed by atoms with Crippen LogP contribution in [0.3, 0.4) is 0 Å². The summed E-state index contributed by atoms with van der Waals surface area (Å²) < 4.78 is 5.34. The molecule has 1 saturated heterocycles. The van der Waals surface area contributed by atoms with Crippen molar-refractivity contribution in [1.29, 1.82) is 0 Å². The third-order valence-corrected chi connectivity index (χ3v) is 6.86. The number of ketones is 1. The molecule has 1 aliphatic rings. The minimum atomic E-state index is -0.394. The zero-order valence-corrected chi connectivity index (χ0v) is 28.3. The van der Waals surface area contributed by atoms with E-state index in [9.17, 15) is 9.59 Å². The van der Waals surface area contributed by atoms with Gasteiger partial charge in [0.1, 0.15) is 5.75 Å². The predicted molar refractivity (Wildman–Crippen MR) is 180 cm³/mol. The number of aryl methyl sites for hydroxylation is 3. The summed E-state index contributed by atoms with van der Waals surface area (Å²) in [5.74, 6) is 0.455. The summed E-state index contributed by atoms with van der Waals surface area (Å²) in [6.07, 6.45) is 3.26. The molecule has 232 valence electrons. The normalized spacial score (nSPS) is 13.1. The van der Waals surface area contributed by atoms with Crippen molar-refractivity contribution in [3.8, 4) is 5.75 Å². The van der Waals surface area contributed by atoms with E-state index in [1.807, 2.05) is 76.4 Å². The summed E-state index contributed by atoms with van der Waals surface area (Å²) in [6, 6.07) is 23.2. The zero-order valence-electron chi connectivity index (χ0n) is 27.4. The molecule has 0 spiro atoms. The minimum Gasteiger partial charge on any atom is -0.410 e. The zero-order chi connectivity index (χ0) is 32.1. The Labute approximate surface area is 259 Å². The Bertz CT molecular complexity index is 1140. The molecule has 0 aliphatic carbocycles. The summed E-state index contributed by atoms with van der Waals surface area (Å²) in [7, 11) is 0. The van der Waals surface area contributed by atoms with Crippen molar-refractivity contribution in [3.05, 3.63) is 95.1 Å². The molecule has 1 N–H and O–H groups in total. The van der Waals surface area contributed by atoms with E-state index < -0.39 is 6.09 Å². The van der Waals surface area contributed by atoms with Gasteiger partial charge in [-0.2, -0.15) is 0 Å². The Morgan fingerprint density at radius 2 is 1.50 bits per heavy atom. The predicted octanol–water partition coefficient (Wildman–Crippen LogP) is 9.42. The number of nitrogens with zero attached hydrogens (tertiary/aromatic N) is 1. The van der Waals surface area contributed by atoms with Gasteiger partial charge in [0.25, 0.3) is 0 Å². The maximum Gasteiger partial charge on any atom is 0.415 e. The van der Waals surface area contributed by atoms with Crippen LogP contribution in [-0.2, 0) is 6.42 Å². The Morgan fingerprint density at radius 1 is 0.929 bits per heavy atom. The van der Waals surface area contributed by atoms with Gasteiger partial charge in [0.05, 0.1) is 0 Å². The molecule has 0 radical (unpaired) electrons. The van der Waals surface area contributed by atoms with Crippen molar-refractivity contribution in [3.63, 3.8) is 0 Å². The van der Waals surface area contributed by atoms with Crippen LogP contribution in [0.2, 0.25) is 0 Å².